The predicted octanol–water partition coefficient (Wildman–Crippen LogP) is 1.95. The zero-order valence-corrected chi connectivity index (χ0v) is 14.2. The molecule has 0 bridgehead atoms. The van der Waals surface area contributed by atoms with Crippen LogP contribution in [0, 0.1) is 0 Å². The molecule has 1 amide bonds. The molecule has 1 N–H and O–H groups in total. The standard InChI is InChI=1S/C18H26N2O3/c1-18(2,17(21)20-8-4-5-14(12-20)19-3)13-6-7-15-16(11-13)23-10-9-22-15/h6-7,11,14,19H,4-5,8-10,12H2,1-3H3. The van der Waals surface area contributed by atoms with Crippen molar-refractivity contribution in [2.24, 2.45) is 0 Å². The molecule has 23 heavy (non-hydrogen) atoms. The van der Waals surface area contributed by atoms with E-state index >= 15 is 0 Å². The van der Waals surface area contributed by atoms with Crippen molar-refractivity contribution in [1.82, 2.24) is 10.2 Å². The van der Waals surface area contributed by atoms with E-state index in [9.17, 15) is 4.79 Å². The minimum atomic E-state index is -0.578. The van der Waals surface area contributed by atoms with Gasteiger partial charge in [-0.3, -0.25) is 4.79 Å². The van der Waals surface area contributed by atoms with Gasteiger partial charge in [0.25, 0.3) is 0 Å². The minimum Gasteiger partial charge on any atom is -0.486 e. The number of ether oxygens (including phenoxy) is 2. The number of carbonyl (C=O) groups is 1. The van der Waals surface area contributed by atoms with Gasteiger partial charge in [0.2, 0.25) is 5.91 Å². The number of carbonyl (C=O) groups excluding carboxylic acids is 1. The summed E-state index contributed by atoms with van der Waals surface area (Å²) in [6, 6.07) is 6.23. The number of rotatable bonds is 3. The number of fused-ring (bicyclic) bond motifs is 1. The number of hydrogen-bond donors (Lipinski definition) is 1. The highest BCUT2D eigenvalue weighted by Gasteiger charge is 2.36. The lowest BCUT2D eigenvalue weighted by Crippen LogP contribution is -2.51. The molecule has 1 unspecified atom stereocenters. The topological polar surface area (TPSA) is 50.8 Å². The molecule has 1 aromatic rings. The van der Waals surface area contributed by atoms with Crippen LogP contribution in [0.25, 0.3) is 0 Å². The van der Waals surface area contributed by atoms with Gasteiger partial charge < -0.3 is 19.7 Å². The lowest BCUT2D eigenvalue weighted by molar-refractivity contribution is -0.137. The largest absolute Gasteiger partial charge is 0.486 e. The summed E-state index contributed by atoms with van der Waals surface area (Å²) in [4.78, 5) is 15.1. The maximum absolute atomic E-state index is 13.1. The first kappa shape index (κ1) is 16.1. The summed E-state index contributed by atoms with van der Waals surface area (Å²) in [6.45, 7) is 6.73. The second-order valence-corrected chi connectivity index (χ2v) is 6.86. The van der Waals surface area contributed by atoms with Crippen LogP contribution in [-0.2, 0) is 10.2 Å². The monoisotopic (exact) mass is 318 g/mol. The highest BCUT2D eigenvalue weighted by molar-refractivity contribution is 5.87. The number of benzene rings is 1. The van der Waals surface area contributed by atoms with Crippen LogP contribution in [0.4, 0.5) is 0 Å². The van der Waals surface area contributed by atoms with E-state index < -0.39 is 5.41 Å². The van der Waals surface area contributed by atoms with Crippen molar-refractivity contribution in [3.63, 3.8) is 0 Å². The molecular weight excluding hydrogens is 292 g/mol. The van der Waals surface area contributed by atoms with Gasteiger partial charge in [-0.15, -0.1) is 0 Å². The van der Waals surface area contributed by atoms with Gasteiger partial charge in [0.05, 0.1) is 5.41 Å². The molecule has 2 aliphatic rings. The van der Waals surface area contributed by atoms with Crippen LogP contribution in [0.5, 0.6) is 11.5 Å². The Hall–Kier alpha value is -1.75. The SMILES string of the molecule is CNC1CCCN(C(=O)C(C)(C)c2ccc3c(c2)OCCO3)C1. The first-order valence-corrected chi connectivity index (χ1v) is 8.39. The molecule has 0 aliphatic carbocycles. The summed E-state index contributed by atoms with van der Waals surface area (Å²) in [5.41, 5.74) is 0.393. The molecule has 0 aromatic heterocycles. The van der Waals surface area contributed by atoms with Gasteiger partial charge in [-0.2, -0.15) is 0 Å². The number of nitrogens with zero attached hydrogens (tertiary/aromatic N) is 1. The number of amides is 1. The maximum Gasteiger partial charge on any atom is 0.232 e. The van der Waals surface area contributed by atoms with Crippen molar-refractivity contribution < 1.29 is 14.3 Å². The van der Waals surface area contributed by atoms with Gasteiger partial charge in [0.15, 0.2) is 11.5 Å². The minimum absolute atomic E-state index is 0.175. The average molecular weight is 318 g/mol. The van der Waals surface area contributed by atoms with Crippen LogP contribution >= 0.6 is 0 Å². The highest BCUT2D eigenvalue weighted by atomic mass is 16.6. The van der Waals surface area contributed by atoms with Crippen LogP contribution < -0.4 is 14.8 Å². The van der Waals surface area contributed by atoms with Crippen molar-refractivity contribution in [2.75, 3.05) is 33.4 Å². The van der Waals surface area contributed by atoms with E-state index in [2.05, 4.69) is 5.32 Å². The molecule has 0 saturated carbocycles. The third-order valence-electron chi connectivity index (χ3n) is 4.92. The number of likely N-dealkylation sites (N-methyl/N-ethyl adjacent to an activating group) is 1. The molecule has 1 aromatic carbocycles. The second kappa shape index (κ2) is 6.40. The molecule has 2 heterocycles. The Balaban J connectivity index is 1.81. The van der Waals surface area contributed by atoms with E-state index in [1.165, 1.54) is 0 Å². The van der Waals surface area contributed by atoms with Crippen molar-refractivity contribution in [2.45, 2.75) is 38.1 Å². The summed E-state index contributed by atoms with van der Waals surface area (Å²) in [6.07, 6.45) is 2.18. The fourth-order valence-electron chi connectivity index (χ4n) is 3.35. The second-order valence-electron chi connectivity index (χ2n) is 6.86. The zero-order chi connectivity index (χ0) is 16.4. The summed E-state index contributed by atoms with van der Waals surface area (Å²) >= 11 is 0. The van der Waals surface area contributed by atoms with Crippen molar-refractivity contribution in [1.29, 1.82) is 0 Å². The summed E-state index contributed by atoms with van der Waals surface area (Å²) in [5.74, 6) is 1.67. The molecular formula is C18H26N2O3. The Labute approximate surface area is 137 Å². The number of piperidine rings is 1. The quantitative estimate of drug-likeness (QED) is 0.925. The first-order valence-electron chi connectivity index (χ1n) is 8.39. The smallest absolute Gasteiger partial charge is 0.232 e. The van der Waals surface area contributed by atoms with E-state index in [0.29, 0.717) is 19.3 Å². The fourth-order valence-corrected chi connectivity index (χ4v) is 3.35. The van der Waals surface area contributed by atoms with Crippen LogP contribution in [-0.4, -0.2) is 50.2 Å². The Kier molecular flexibility index (Phi) is 4.48. The van der Waals surface area contributed by atoms with Crippen LogP contribution in [0.2, 0.25) is 0 Å². The van der Waals surface area contributed by atoms with Gasteiger partial charge >= 0.3 is 0 Å². The Morgan fingerprint density at radius 2 is 2.00 bits per heavy atom. The van der Waals surface area contributed by atoms with Gasteiger partial charge in [0.1, 0.15) is 13.2 Å². The van der Waals surface area contributed by atoms with Crippen molar-refractivity contribution >= 4 is 5.91 Å². The molecule has 0 spiro atoms. The molecule has 126 valence electrons. The van der Waals surface area contributed by atoms with Gasteiger partial charge in [-0.1, -0.05) is 6.07 Å². The van der Waals surface area contributed by atoms with E-state index in [1.54, 1.807) is 0 Å². The van der Waals surface area contributed by atoms with Gasteiger partial charge in [-0.05, 0) is 51.4 Å². The Bertz CT molecular complexity index is 586. The Morgan fingerprint density at radius 1 is 1.26 bits per heavy atom. The lowest BCUT2D eigenvalue weighted by atomic mass is 9.82. The van der Waals surface area contributed by atoms with E-state index in [4.69, 9.17) is 9.47 Å². The summed E-state index contributed by atoms with van der Waals surface area (Å²) < 4.78 is 11.2. The summed E-state index contributed by atoms with van der Waals surface area (Å²) in [5, 5.41) is 3.29. The third-order valence-corrected chi connectivity index (χ3v) is 4.92. The van der Waals surface area contributed by atoms with Crippen molar-refractivity contribution in [3.8, 4) is 11.5 Å². The molecule has 5 heteroatoms. The van der Waals surface area contributed by atoms with E-state index in [1.807, 2.05) is 44.0 Å². The van der Waals surface area contributed by atoms with E-state index in [0.717, 1.165) is 43.0 Å². The number of likely N-dealkylation sites (tertiary alicyclic amines) is 1. The normalized spacial score (nSPS) is 21.2. The van der Waals surface area contributed by atoms with Gasteiger partial charge in [0, 0.05) is 19.1 Å². The van der Waals surface area contributed by atoms with Gasteiger partial charge in [-0.25, -0.2) is 0 Å². The summed E-state index contributed by atoms with van der Waals surface area (Å²) in [7, 11) is 1.96. The molecule has 0 radical (unpaired) electrons. The highest BCUT2D eigenvalue weighted by Crippen LogP contribution is 2.36. The average Bonchev–Trinajstić information content (AvgIpc) is 2.60. The zero-order valence-electron chi connectivity index (χ0n) is 14.2. The molecule has 5 nitrogen and oxygen atoms in total. The van der Waals surface area contributed by atoms with Crippen molar-refractivity contribution in [3.05, 3.63) is 23.8 Å². The number of hydrogen-bond acceptors (Lipinski definition) is 4. The molecule has 1 saturated heterocycles. The number of nitrogens with one attached hydrogen (secondary N) is 1. The maximum atomic E-state index is 13.1. The molecule has 1 atom stereocenters. The lowest BCUT2D eigenvalue weighted by Gasteiger charge is -2.38. The molecule has 1 fully saturated rings. The fraction of sp³-hybridized carbons (Fsp3) is 0.611. The Morgan fingerprint density at radius 3 is 2.74 bits per heavy atom. The molecule has 2 aliphatic heterocycles. The van der Waals surface area contributed by atoms with Crippen LogP contribution in [0.3, 0.4) is 0 Å². The van der Waals surface area contributed by atoms with Crippen LogP contribution in [0.15, 0.2) is 18.2 Å². The predicted molar refractivity (Wildman–Crippen MR) is 89.1 cm³/mol. The third kappa shape index (κ3) is 3.15. The van der Waals surface area contributed by atoms with Crippen LogP contribution in [0.1, 0.15) is 32.3 Å². The first-order chi connectivity index (χ1) is 11.0. The molecule has 3 rings (SSSR count). The van der Waals surface area contributed by atoms with E-state index in [-0.39, 0.29) is 5.91 Å².